The number of nitrogens with one attached hydrogen (secondary N) is 4. The SMILES string of the molecule is CC(C)C(NC(=O)C(NC(=O)C(Cc1c[nH]c2ccccc12)NC(=O)C(N)CS)C(C)O)C(=O)O. The van der Waals surface area contributed by atoms with Crippen molar-refractivity contribution in [3.8, 4) is 0 Å². The van der Waals surface area contributed by atoms with Crippen molar-refractivity contribution in [3.05, 3.63) is 36.0 Å². The molecule has 0 spiro atoms. The topological polar surface area (TPSA) is 187 Å². The van der Waals surface area contributed by atoms with Crippen LogP contribution in [0.5, 0.6) is 0 Å². The second kappa shape index (κ2) is 12.6. The number of rotatable bonds is 12. The van der Waals surface area contributed by atoms with Gasteiger partial charge in [0.1, 0.15) is 18.1 Å². The van der Waals surface area contributed by atoms with E-state index in [1.807, 2.05) is 24.3 Å². The summed E-state index contributed by atoms with van der Waals surface area (Å²) in [7, 11) is 0. The summed E-state index contributed by atoms with van der Waals surface area (Å²) in [6.07, 6.45) is 0.442. The van der Waals surface area contributed by atoms with Crippen molar-refractivity contribution >= 4 is 47.2 Å². The van der Waals surface area contributed by atoms with E-state index in [1.54, 1.807) is 20.0 Å². The Morgan fingerprint density at radius 3 is 2.20 bits per heavy atom. The van der Waals surface area contributed by atoms with Crippen LogP contribution >= 0.6 is 12.6 Å². The number of amides is 3. The number of hydrogen-bond acceptors (Lipinski definition) is 7. The van der Waals surface area contributed by atoms with Gasteiger partial charge in [0, 0.05) is 29.3 Å². The van der Waals surface area contributed by atoms with Crippen molar-refractivity contribution < 1.29 is 29.4 Å². The van der Waals surface area contributed by atoms with Gasteiger partial charge in [0.2, 0.25) is 17.7 Å². The molecule has 1 aromatic carbocycles. The van der Waals surface area contributed by atoms with Crippen molar-refractivity contribution in [2.45, 2.75) is 57.5 Å². The van der Waals surface area contributed by atoms with Gasteiger partial charge in [-0.3, -0.25) is 14.4 Å². The van der Waals surface area contributed by atoms with E-state index in [4.69, 9.17) is 5.73 Å². The Balaban J connectivity index is 2.28. The molecule has 0 radical (unpaired) electrons. The van der Waals surface area contributed by atoms with Crippen LogP contribution in [0.2, 0.25) is 0 Å². The van der Waals surface area contributed by atoms with Crippen molar-refractivity contribution in [2.75, 3.05) is 5.75 Å². The quantitative estimate of drug-likeness (QED) is 0.179. The summed E-state index contributed by atoms with van der Waals surface area (Å²) in [6, 6.07) is 2.66. The third kappa shape index (κ3) is 7.44. The Morgan fingerprint density at radius 1 is 1.00 bits per heavy atom. The Labute approximate surface area is 208 Å². The Hall–Kier alpha value is -3.09. The number of aliphatic hydroxyl groups is 1. The maximum atomic E-state index is 13.2. The van der Waals surface area contributed by atoms with Crippen LogP contribution in [0, 0.1) is 5.92 Å². The molecular formula is C23H33N5O6S. The lowest BCUT2D eigenvalue weighted by atomic mass is 10.0. The van der Waals surface area contributed by atoms with Crippen LogP contribution in [0.25, 0.3) is 10.9 Å². The molecule has 1 aromatic heterocycles. The number of nitrogens with two attached hydrogens (primary N) is 1. The Kier molecular flexibility index (Phi) is 10.1. The van der Waals surface area contributed by atoms with E-state index in [0.29, 0.717) is 0 Å². The van der Waals surface area contributed by atoms with Crippen LogP contribution < -0.4 is 21.7 Å². The first kappa shape index (κ1) is 28.1. The zero-order valence-corrected chi connectivity index (χ0v) is 20.7. The number of H-pyrrole nitrogens is 1. The Bertz CT molecular complexity index is 1060. The molecule has 5 unspecified atom stereocenters. The number of aromatic nitrogens is 1. The van der Waals surface area contributed by atoms with E-state index in [1.165, 1.54) is 6.92 Å². The van der Waals surface area contributed by atoms with Gasteiger partial charge in [-0.1, -0.05) is 32.0 Å². The van der Waals surface area contributed by atoms with Gasteiger partial charge in [0.15, 0.2) is 0 Å². The van der Waals surface area contributed by atoms with Crippen LogP contribution in [-0.4, -0.2) is 74.9 Å². The number of aliphatic carboxylic acids is 1. The van der Waals surface area contributed by atoms with Crippen molar-refractivity contribution in [1.29, 1.82) is 0 Å². The maximum absolute atomic E-state index is 13.2. The molecular weight excluding hydrogens is 474 g/mol. The molecule has 11 nitrogen and oxygen atoms in total. The third-order valence-electron chi connectivity index (χ3n) is 5.56. The van der Waals surface area contributed by atoms with E-state index < -0.39 is 59.9 Å². The molecule has 0 saturated heterocycles. The molecule has 5 atom stereocenters. The highest BCUT2D eigenvalue weighted by Gasteiger charge is 2.33. The lowest BCUT2D eigenvalue weighted by molar-refractivity contribution is -0.144. The van der Waals surface area contributed by atoms with Gasteiger partial charge in [0.05, 0.1) is 12.1 Å². The fraction of sp³-hybridized carbons (Fsp3) is 0.478. The molecule has 0 fully saturated rings. The summed E-state index contributed by atoms with van der Waals surface area (Å²) in [5.41, 5.74) is 7.33. The molecule has 3 amide bonds. The monoisotopic (exact) mass is 507 g/mol. The number of benzene rings is 1. The highest BCUT2D eigenvalue weighted by Crippen LogP contribution is 2.19. The predicted molar refractivity (Wildman–Crippen MR) is 134 cm³/mol. The molecule has 1 heterocycles. The highest BCUT2D eigenvalue weighted by molar-refractivity contribution is 7.80. The minimum atomic E-state index is -1.45. The summed E-state index contributed by atoms with van der Waals surface area (Å²) < 4.78 is 0. The minimum Gasteiger partial charge on any atom is -0.480 e. The van der Waals surface area contributed by atoms with Crippen LogP contribution in [0.15, 0.2) is 30.5 Å². The second-order valence-corrected chi connectivity index (χ2v) is 9.07. The molecule has 0 aliphatic carbocycles. The van der Waals surface area contributed by atoms with Gasteiger partial charge in [0.25, 0.3) is 0 Å². The van der Waals surface area contributed by atoms with E-state index >= 15 is 0 Å². The Morgan fingerprint density at radius 2 is 1.63 bits per heavy atom. The number of hydrogen-bond donors (Lipinski definition) is 8. The molecule has 8 N–H and O–H groups in total. The number of carboxylic acid groups (broad SMARTS) is 1. The van der Waals surface area contributed by atoms with E-state index in [2.05, 4.69) is 33.6 Å². The first-order valence-electron chi connectivity index (χ1n) is 11.2. The van der Waals surface area contributed by atoms with Crippen molar-refractivity contribution in [2.24, 2.45) is 11.7 Å². The number of fused-ring (bicyclic) bond motifs is 1. The van der Waals surface area contributed by atoms with Gasteiger partial charge in [-0.15, -0.1) is 0 Å². The predicted octanol–water partition coefficient (Wildman–Crippen LogP) is -0.457. The first-order valence-corrected chi connectivity index (χ1v) is 11.8. The van der Waals surface area contributed by atoms with Gasteiger partial charge >= 0.3 is 5.97 Å². The maximum Gasteiger partial charge on any atom is 0.326 e. The van der Waals surface area contributed by atoms with Gasteiger partial charge in [-0.05, 0) is 24.5 Å². The summed E-state index contributed by atoms with van der Waals surface area (Å²) >= 11 is 4.02. The molecule has 0 aliphatic rings. The summed E-state index contributed by atoms with van der Waals surface area (Å²) in [6.45, 7) is 4.53. The van der Waals surface area contributed by atoms with Gasteiger partial charge in [-0.25, -0.2) is 4.79 Å². The number of carbonyl (C=O) groups is 4. The van der Waals surface area contributed by atoms with Crippen LogP contribution in [0.3, 0.4) is 0 Å². The zero-order valence-electron chi connectivity index (χ0n) is 19.8. The zero-order chi connectivity index (χ0) is 26.3. The molecule has 0 aliphatic heterocycles. The number of para-hydroxylation sites is 1. The number of carboxylic acids is 1. The second-order valence-electron chi connectivity index (χ2n) is 8.71. The fourth-order valence-electron chi connectivity index (χ4n) is 3.51. The van der Waals surface area contributed by atoms with Crippen LogP contribution in [0.1, 0.15) is 26.3 Å². The summed E-state index contributed by atoms with van der Waals surface area (Å²) in [5.74, 6) is -3.83. The largest absolute Gasteiger partial charge is 0.480 e. The standard InChI is InChI=1S/C23H33N5O6S/c1-11(2)18(23(33)34)27-22(32)19(12(3)29)28-21(31)17(26-20(30)15(24)10-35)8-13-9-25-16-7-5-4-6-14(13)16/h4-7,9,11-12,15,17-19,25,29,35H,8,10,24H2,1-3H3,(H,26,30)(H,27,32)(H,28,31)(H,33,34). The van der Waals surface area contributed by atoms with E-state index in [9.17, 15) is 29.4 Å². The number of carbonyl (C=O) groups excluding carboxylic acids is 3. The fourth-order valence-corrected chi connectivity index (χ4v) is 3.67. The molecule has 0 saturated carbocycles. The normalized spacial score (nSPS) is 15.6. The average molecular weight is 508 g/mol. The van der Waals surface area contributed by atoms with Crippen molar-refractivity contribution in [3.63, 3.8) is 0 Å². The summed E-state index contributed by atoms with van der Waals surface area (Å²) in [4.78, 5) is 53.0. The van der Waals surface area contributed by atoms with Crippen molar-refractivity contribution in [1.82, 2.24) is 20.9 Å². The number of aliphatic hydroxyl groups excluding tert-OH is 1. The molecule has 12 heteroatoms. The average Bonchev–Trinajstić information content (AvgIpc) is 3.21. The molecule has 2 rings (SSSR count). The minimum absolute atomic E-state index is 0.0533. The van der Waals surface area contributed by atoms with Gasteiger partial charge in [-0.2, -0.15) is 12.6 Å². The number of thiol groups is 1. The van der Waals surface area contributed by atoms with Crippen LogP contribution in [-0.2, 0) is 25.6 Å². The van der Waals surface area contributed by atoms with Gasteiger partial charge < -0.3 is 36.9 Å². The smallest absolute Gasteiger partial charge is 0.326 e. The molecule has 0 bridgehead atoms. The van der Waals surface area contributed by atoms with Crippen LogP contribution in [0.4, 0.5) is 0 Å². The van der Waals surface area contributed by atoms with E-state index in [-0.39, 0.29) is 12.2 Å². The molecule has 192 valence electrons. The first-order chi connectivity index (χ1) is 16.5. The lowest BCUT2D eigenvalue weighted by Gasteiger charge is -2.27. The lowest BCUT2D eigenvalue weighted by Crippen LogP contribution is -2.60. The molecule has 2 aromatic rings. The summed E-state index contributed by atoms with van der Waals surface area (Å²) in [5, 5.41) is 27.7. The highest BCUT2D eigenvalue weighted by atomic mass is 32.1. The van der Waals surface area contributed by atoms with E-state index in [0.717, 1.165) is 16.5 Å². The third-order valence-corrected chi connectivity index (χ3v) is 5.95. The number of aromatic amines is 1. The molecule has 35 heavy (non-hydrogen) atoms.